The van der Waals surface area contributed by atoms with Gasteiger partial charge in [0.1, 0.15) is 5.75 Å². The Balaban J connectivity index is 2.08. The fraction of sp³-hybridized carbons (Fsp3) is 0.105. The molecule has 0 amide bonds. The van der Waals surface area contributed by atoms with E-state index in [-0.39, 0.29) is 16.9 Å². The van der Waals surface area contributed by atoms with Crippen molar-refractivity contribution in [2.24, 2.45) is 7.05 Å². The maximum absolute atomic E-state index is 12.9. The second-order valence-electron chi connectivity index (χ2n) is 5.52. The molecule has 6 heteroatoms. The van der Waals surface area contributed by atoms with Crippen LogP contribution in [0, 0.1) is 0 Å². The molecule has 0 aliphatic heterocycles. The SMILES string of the molecule is Cn1cc(Oc2ccccc2)c(=O)c(-c2cccc(C(F)(F)F)c2)c1. The average Bonchev–Trinajstić information content (AvgIpc) is 2.58. The zero-order valence-electron chi connectivity index (χ0n) is 13.2. The number of aromatic nitrogens is 1. The highest BCUT2D eigenvalue weighted by molar-refractivity contribution is 5.65. The van der Waals surface area contributed by atoms with E-state index in [1.807, 2.05) is 6.07 Å². The molecule has 2 aromatic carbocycles. The van der Waals surface area contributed by atoms with Gasteiger partial charge >= 0.3 is 6.18 Å². The van der Waals surface area contributed by atoms with Gasteiger partial charge in [0, 0.05) is 18.8 Å². The summed E-state index contributed by atoms with van der Waals surface area (Å²) in [5, 5.41) is 0. The molecule has 0 aliphatic carbocycles. The lowest BCUT2D eigenvalue weighted by Crippen LogP contribution is -2.12. The molecular formula is C19H14F3NO2. The van der Waals surface area contributed by atoms with E-state index in [0.717, 1.165) is 12.1 Å². The second kappa shape index (κ2) is 6.47. The summed E-state index contributed by atoms with van der Waals surface area (Å²) in [4.78, 5) is 12.7. The zero-order valence-corrected chi connectivity index (χ0v) is 13.2. The van der Waals surface area contributed by atoms with Crippen LogP contribution in [0.1, 0.15) is 5.56 Å². The van der Waals surface area contributed by atoms with Gasteiger partial charge in [-0.3, -0.25) is 4.79 Å². The van der Waals surface area contributed by atoms with Gasteiger partial charge in [-0.1, -0.05) is 30.3 Å². The molecule has 1 heterocycles. The molecule has 3 aromatic rings. The molecule has 3 nitrogen and oxygen atoms in total. The van der Waals surface area contributed by atoms with E-state index in [9.17, 15) is 18.0 Å². The largest absolute Gasteiger partial charge is 0.452 e. The standard InChI is InChI=1S/C19H14F3NO2/c1-23-11-16(13-6-5-7-14(10-13)19(20,21)22)18(24)17(12-23)25-15-8-3-2-4-9-15/h2-12H,1H3. The smallest absolute Gasteiger partial charge is 0.416 e. The van der Waals surface area contributed by atoms with Crippen LogP contribution in [0.25, 0.3) is 11.1 Å². The zero-order chi connectivity index (χ0) is 18.0. The number of ether oxygens (including phenoxy) is 1. The molecule has 1 aromatic heterocycles. The topological polar surface area (TPSA) is 31.2 Å². The first-order chi connectivity index (χ1) is 11.8. The number of para-hydroxylation sites is 1. The molecule has 0 saturated heterocycles. The third-order valence-electron chi connectivity index (χ3n) is 3.59. The highest BCUT2D eigenvalue weighted by Gasteiger charge is 2.30. The molecule has 0 fully saturated rings. The van der Waals surface area contributed by atoms with Crippen LogP contribution >= 0.6 is 0 Å². The summed E-state index contributed by atoms with van der Waals surface area (Å²) >= 11 is 0. The van der Waals surface area contributed by atoms with Crippen molar-refractivity contribution in [3.63, 3.8) is 0 Å². The van der Waals surface area contributed by atoms with Gasteiger partial charge < -0.3 is 9.30 Å². The summed E-state index contributed by atoms with van der Waals surface area (Å²) in [6.07, 6.45) is -1.50. The van der Waals surface area contributed by atoms with Gasteiger partial charge in [0.25, 0.3) is 0 Å². The number of benzene rings is 2. The van der Waals surface area contributed by atoms with Gasteiger partial charge in [-0.2, -0.15) is 13.2 Å². The number of pyridine rings is 1. The van der Waals surface area contributed by atoms with E-state index < -0.39 is 17.2 Å². The van der Waals surface area contributed by atoms with Gasteiger partial charge in [0.15, 0.2) is 5.75 Å². The summed E-state index contributed by atoms with van der Waals surface area (Å²) in [5.74, 6) is 0.518. The van der Waals surface area contributed by atoms with Crippen LogP contribution < -0.4 is 10.2 Å². The third kappa shape index (κ3) is 3.74. The van der Waals surface area contributed by atoms with Crippen molar-refractivity contribution < 1.29 is 17.9 Å². The molecule has 25 heavy (non-hydrogen) atoms. The maximum atomic E-state index is 12.9. The van der Waals surface area contributed by atoms with Crippen molar-refractivity contribution in [2.75, 3.05) is 0 Å². The van der Waals surface area contributed by atoms with Crippen LogP contribution in [-0.4, -0.2) is 4.57 Å². The van der Waals surface area contributed by atoms with Gasteiger partial charge in [0.2, 0.25) is 5.43 Å². The minimum atomic E-state index is -4.47. The quantitative estimate of drug-likeness (QED) is 0.679. The van der Waals surface area contributed by atoms with Crippen molar-refractivity contribution in [2.45, 2.75) is 6.18 Å². The second-order valence-corrected chi connectivity index (χ2v) is 5.52. The van der Waals surface area contributed by atoms with Crippen molar-refractivity contribution in [3.05, 3.63) is 82.8 Å². The lowest BCUT2D eigenvalue weighted by molar-refractivity contribution is -0.137. The molecule has 0 radical (unpaired) electrons. The Morgan fingerprint density at radius 3 is 2.36 bits per heavy atom. The lowest BCUT2D eigenvalue weighted by Gasteiger charge is -2.12. The number of halogens is 3. The Morgan fingerprint density at radius 1 is 0.960 bits per heavy atom. The molecule has 0 atom stereocenters. The number of hydrogen-bond acceptors (Lipinski definition) is 2. The van der Waals surface area contributed by atoms with E-state index in [1.165, 1.54) is 24.5 Å². The first-order valence-corrected chi connectivity index (χ1v) is 7.45. The van der Waals surface area contributed by atoms with Crippen molar-refractivity contribution in [1.82, 2.24) is 4.57 Å². The van der Waals surface area contributed by atoms with Crippen molar-refractivity contribution in [1.29, 1.82) is 0 Å². The van der Waals surface area contributed by atoms with Crippen molar-refractivity contribution >= 4 is 0 Å². The van der Waals surface area contributed by atoms with Crippen LogP contribution in [0.15, 0.2) is 71.8 Å². The molecular weight excluding hydrogens is 331 g/mol. The van der Waals surface area contributed by atoms with Crippen LogP contribution in [0.2, 0.25) is 0 Å². The fourth-order valence-corrected chi connectivity index (χ4v) is 2.43. The predicted molar refractivity (Wildman–Crippen MR) is 88.6 cm³/mol. The summed E-state index contributed by atoms with van der Waals surface area (Å²) in [7, 11) is 1.68. The summed E-state index contributed by atoms with van der Waals surface area (Å²) in [5.41, 5.74) is -0.946. The molecule has 128 valence electrons. The first kappa shape index (κ1) is 16.8. The van der Waals surface area contributed by atoms with Crippen LogP contribution in [0.5, 0.6) is 11.5 Å². The predicted octanol–water partition coefficient (Wildman–Crippen LogP) is 4.86. The first-order valence-electron chi connectivity index (χ1n) is 7.45. The molecule has 3 rings (SSSR count). The molecule has 0 aliphatic rings. The Hall–Kier alpha value is -3.02. The number of rotatable bonds is 3. The summed E-state index contributed by atoms with van der Waals surface area (Å²) in [6, 6.07) is 13.4. The number of nitrogens with zero attached hydrogens (tertiary/aromatic N) is 1. The van der Waals surface area contributed by atoms with E-state index in [1.54, 1.807) is 35.9 Å². The summed E-state index contributed by atoms with van der Waals surface area (Å²) < 4.78 is 45.9. The monoisotopic (exact) mass is 345 g/mol. The molecule has 0 saturated carbocycles. The Morgan fingerprint density at radius 2 is 1.68 bits per heavy atom. The lowest BCUT2D eigenvalue weighted by atomic mass is 10.0. The molecule has 0 spiro atoms. The van der Waals surface area contributed by atoms with Crippen molar-refractivity contribution in [3.8, 4) is 22.6 Å². The molecule has 0 bridgehead atoms. The molecule has 0 unspecified atom stereocenters. The van der Waals surface area contributed by atoms with E-state index >= 15 is 0 Å². The number of hydrogen-bond donors (Lipinski definition) is 0. The minimum absolute atomic E-state index is 0.0450. The van der Waals surface area contributed by atoms with Crippen LogP contribution in [-0.2, 0) is 13.2 Å². The Bertz CT molecular complexity index is 947. The minimum Gasteiger partial charge on any atom is -0.452 e. The van der Waals surface area contributed by atoms with E-state index in [4.69, 9.17) is 4.74 Å². The highest BCUT2D eigenvalue weighted by Crippen LogP contribution is 2.32. The Labute approximate surface area is 141 Å². The van der Waals surface area contributed by atoms with Gasteiger partial charge in [-0.05, 0) is 29.8 Å². The van der Waals surface area contributed by atoms with Gasteiger partial charge in [-0.15, -0.1) is 0 Å². The number of aryl methyl sites for hydroxylation is 1. The van der Waals surface area contributed by atoms with E-state index in [2.05, 4.69) is 0 Å². The van der Waals surface area contributed by atoms with Gasteiger partial charge in [-0.25, -0.2) is 0 Å². The third-order valence-corrected chi connectivity index (χ3v) is 3.59. The Kier molecular flexibility index (Phi) is 4.35. The highest BCUT2D eigenvalue weighted by atomic mass is 19.4. The van der Waals surface area contributed by atoms with E-state index in [0.29, 0.717) is 5.75 Å². The fourth-order valence-electron chi connectivity index (χ4n) is 2.43. The van der Waals surface area contributed by atoms with Crippen LogP contribution in [0.3, 0.4) is 0 Å². The normalized spacial score (nSPS) is 11.4. The maximum Gasteiger partial charge on any atom is 0.416 e. The van der Waals surface area contributed by atoms with Crippen LogP contribution in [0.4, 0.5) is 13.2 Å². The molecule has 0 N–H and O–H groups in total. The summed E-state index contributed by atoms with van der Waals surface area (Å²) in [6.45, 7) is 0. The van der Waals surface area contributed by atoms with Gasteiger partial charge in [0.05, 0.1) is 11.8 Å². The average molecular weight is 345 g/mol. The number of alkyl halides is 3.